The number of rotatable bonds is 4. The SMILES string of the molecule is CCCc1nc2cnc3cc(Br)ccc3c2n1CC(C)C. The molecule has 0 saturated carbocycles. The molecular formula is C17H20BrN3. The maximum Gasteiger partial charge on any atom is 0.109 e. The molecule has 3 nitrogen and oxygen atoms in total. The minimum Gasteiger partial charge on any atom is -0.327 e. The van der Waals surface area contributed by atoms with Gasteiger partial charge in [0.15, 0.2) is 0 Å². The molecule has 0 fully saturated rings. The van der Waals surface area contributed by atoms with E-state index in [2.05, 4.69) is 64.5 Å². The highest BCUT2D eigenvalue weighted by molar-refractivity contribution is 9.10. The van der Waals surface area contributed by atoms with E-state index in [9.17, 15) is 0 Å². The summed E-state index contributed by atoms with van der Waals surface area (Å²) in [5.41, 5.74) is 3.25. The van der Waals surface area contributed by atoms with Gasteiger partial charge in [0.05, 0.1) is 17.2 Å². The second-order valence-corrected chi connectivity index (χ2v) is 6.85. The fourth-order valence-electron chi connectivity index (χ4n) is 2.81. The molecule has 0 unspecified atom stereocenters. The van der Waals surface area contributed by atoms with Gasteiger partial charge in [0, 0.05) is 22.8 Å². The third-order valence-electron chi connectivity index (χ3n) is 3.64. The van der Waals surface area contributed by atoms with Gasteiger partial charge in [-0.15, -0.1) is 0 Å². The van der Waals surface area contributed by atoms with Gasteiger partial charge in [0.25, 0.3) is 0 Å². The van der Waals surface area contributed by atoms with E-state index in [1.165, 1.54) is 16.7 Å². The number of aryl methyl sites for hydroxylation is 1. The summed E-state index contributed by atoms with van der Waals surface area (Å²) in [7, 11) is 0. The van der Waals surface area contributed by atoms with Gasteiger partial charge in [-0.3, -0.25) is 4.98 Å². The van der Waals surface area contributed by atoms with Gasteiger partial charge in [-0.05, 0) is 30.5 Å². The number of aromatic nitrogens is 3. The van der Waals surface area contributed by atoms with E-state index in [-0.39, 0.29) is 0 Å². The van der Waals surface area contributed by atoms with Crippen molar-refractivity contribution in [2.24, 2.45) is 5.92 Å². The average molecular weight is 346 g/mol. The molecule has 0 radical (unpaired) electrons. The van der Waals surface area contributed by atoms with Crippen LogP contribution in [0.25, 0.3) is 21.9 Å². The van der Waals surface area contributed by atoms with Gasteiger partial charge in [-0.25, -0.2) is 4.98 Å². The van der Waals surface area contributed by atoms with Crippen LogP contribution in [0.2, 0.25) is 0 Å². The first kappa shape index (κ1) is 14.5. The Balaban J connectivity index is 2.33. The van der Waals surface area contributed by atoms with Crippen LogP contribution in [-0.2, 0) is 13.0 Å². The number of hydrogen-bond donors (Lipinski definition) is 0. The molecule has 0 spiro atoms. The van der Waals surface area contributed by atoms with E-state index in [1.807, 2.05) is 6.20 Å². The number of benzene rings is 1. The number of hydrogen-bond acceptors (Lipinski definition) is 2. The highest BCUT2D eigenvalue weighted by atomic mass is 79.9. The van der Waals surface area contributed by atoms with Crippen molar-refractivity contribution in [1.82, 2.24) is 14.5 Å². The van der Waals surface area contributed by atoms with Crippen molar-refractivity contribution in [1.29, 1.82) is 0 Å². The van der Waals surface area contributed by atoms with E-state index in [0.717, 1.165) is 34.9 Å². The van der Waals surface area contributed by atoms with E-state index >= 15 is 0 Å². The van der Waals surface area contributed by atoms with Gasteiger partial charge in [-0.2, -0.15) is 0 Å². The van der Waals surface area contributed by atoms with Crippen molar-refractivity contribution in [2.45, 2.75) is 40.2 Å². The molecule has 0 aliphatic heterocycles. The minimum absolute atomic E-state index is 0.594. The molecular weight excluding hydrogens is 326 g/mol. The maximum atomic E-state index is 4.82. The number of pyridine rings is 1. The third kappa shape index (κ3) is 2.69. The average Bonchev–Trinajstić information content (AvgIpc) is 2.76. The molecule has 0 N–H and O–H groups in total. The summed E-state index contributed by atoms with van der Waals surface area (Å²) in [4.78, 5) is 9.37. The Hall–Kier alpha value is -1.42. The lowest BCUT2D eigenvalue weighted by Gasteiger charge is -2.12. The smallest absolute Gasteiger partial charge is 0.109 e. The summed E-state index contributed by atoms with van der Waals surface area (Å²) < 4.78 is 3.45. The lowest BCUT2D eigenvalue weighted by Crippen LogP contribution is -2.08. The lowest BCUT2D eigenvalue weighted by atomic mass is 10.1. The molecule has 2 heterocycles. The molecule has 0 amide bonds. The van der Waals surface area contributed by atoms with Gasteiger partial charge >= 0.3 is 0 Å². The van der Waals surface area contributed by atoms with Crippen LogP contribution in [-0.4, -0.2) is 14.5 Å². The summed E-state index contributed by atoms with van der Waals surface area (Å²) >= 11 is 3.52. The predicted octanol–water partition coefficient (Wildman–Crippen LogP) is 4.96. The zero-order valence-corrected chi connectivity index (χ0v) is 14.3. The largest absolute Gasteiger partial charge is 0.327 e. The Morgan fingerprint density at radius 3 is 2.76 bits per heavy atom. The fraction of sp³-hybridized carbons (Fsp3) is 0.412. The molecule has 0 saturated heterocycles. The van der Waals surface area contributed by atoms with Crippen LogP contribution in [0, 0.1) is 5.92 Å². The first-order valence-electron chi connectivity index (χ1n) is 7.53. The molecule has 1 aromatic carbocycles. The van der Waals surface area contributed by atoms with Gasteiger partial charge < -0.3 is 4.57 Å². The highest BCUT2D eigenvalue weighted by Crippen LogP contribution is 2.28. The molecule has 2 aromatic heterocycles. The van der Waals surface area contributed by atoms with Crippen molar-refractivity contribution in [2.75, 3.05) is 0 Å². The predicted molar refractivity (Wildman–Crippen MR) is 91.6 cm³/mol. The monoisotopic (exact) mass is 345 g/mol. The Morgan fingerprint density at radius 2 is 2.05 bits per heavy atom. The maximum absolute atomic E-state index is 4.82. The fourth-order valence-corrected chi connectivity index (χ4v) is 3.16. The van der Waals surface area contributed by atoms with Crippen LogP contribution in [0.4, 0.5) is 0 Å². The number of fused-ring (bicyclic) bond motifs is 3. The lowest BCUT2D eigenvalue weighted by molar-refractivity contribution is 0.516. The summed E-state index contributed by atoms with van der Waals surface area (Å²) in [6.45, 7) is 7.70. The van der Waals surface area contributed by atoms with Gasteiger partial charge in [0.2, 0.25) is 0 Å². The van der Waals surface area contributed by atoms with E-state index in [1.54, 1.807) is 0 Å². The third-order valence-corrected chi connectivity index (χ3v) is 4.13. The molecule has 3 rings (SSSR count). The Kier molecular flexibility index (Phi) is 3.98. The van der Waals surface area contributed by atoms with Crippen molar-refractivity contribution < 1.29 is 0 Å². The molecule has 110 valence electrons. The van der Waals surface area contributed by atoms with Crippen molar-refractivity contribution in [3.63, 3.8) is 0 Å². The van der Waals surface area contributed by atoms with Crippen molar-refractivity contribution in [3.05, 3.63) is 34.7 Å². The number of nitrogens with zero attached hydrogens (tertiary/aromatic N) is 3. The first-order chi connectivity index (χ1) is 10.1. The minimum atomic E-state index is 0.594. The second kappa shape index (κ2) is 5.76. The molecule has 4 heteroatoms. The van der Waals surface area contributed by atoms with Gasteiger partial charge in [-0.1, -0.05) is 36.7 Å². The zero-order chi connectivity index (χ0) is 15.0. The molecule has 0 atom stereocenters. The van der Waals surface area contributed by atoms with E-state index < -0.39 is 0 Å². The van der Waals surface area contributed by atoms with Crippen LogP contribution >= 0.6 is 15.9 Å². The summed E-state index contributed by atoms with van der Waals surface area (Å²) in [5, 5.41) is 1.19. The summed E-state index contributed by atoms with van der Waals surface area (Å²) in [6.07, 6.45) is 4.03. The van der Waals surface area contributed by atoms with E-state index in [0.29, 0.717) is 5.92 Å². The first-order valence-corrected chi connectivity index (χ1v) is 8.32. The molecule has 0 aliphatic rings. The summed E-state index contributed by atoms with van der Waals surface area (Å²) in [5.74, 6) is 1.77. The van der Waals surface area contributed by atoms with Gasteiger partial charge in [0.1, 0.15) is 11.3 Å². The number of imidazole rings is 1. The Bertz CT molecular complexity index is 789. The Labute approximate surface area is 133 Å². The molecule has 21 heavy (non-hydrogen) atoms. The Morgan fingerprint density at radius 1 is 1.24 bits per heavy atom. The second-order valence-electron chi connectivity index (χ2n) is 5.94. The molecule has 0 bridgehead atoms. The van der Waals surface area contributed by atoms with Crippen LogP contribution in [0.1, 0.15) is 33.0 Å². The van der Waals surface area contributed by atoms with E-state index in [4.69, 9.17) is 4.98 Å². The standard InChI is InChI=1S/C17H20BrN3/c1-4-5-16-20-15-9-19-14-8-12(18)6-7-13(14)17(15)21(16)10-11(2)3/h6-9,11H,4-5,10H2,1-3H3. The van der Waals surface area contributed by atoms with Crippen molar-refractivity contribution >= 4 is 37.9 Å². The van der Waals surface area contributed by atoms with Crippen LogP contribution < -0.4 is 0 Å². The zero-order valence-electron chi connectivity index (χ0n) is 12.7. The summed E-state index contributed by atoms with van der Waals surface area (Å²) in [6, 6.07) is 6.29. The normalized spacial score (nSPS) is 11.9. The topological polar surface area (TPSA) is 30.7 Å². The van der Waals surface area contributed by atoms with Crippen LogP contribution in [0.5, 0.6) is 0 Å². The van der Waals surface area contributed by atoms with Crippen LogP contribution in [0.3, 0.4) is 0 Å². The number of halogens is 1. The van der Waals surface area contributed by atoms with Crippen molar-refractivity contribution in [3.8, 4) is 0 Å². The molecule has 3 aromatic rings. The van der Waals surface area contributed by atoms with Crippen LogP contribution in [0.15, 0.2) is 28.9 Å². The highest BCUT2D eigenvalue weighted by Gasteiger charge is 2.14. The molecule has 0 aliphatic carbocycles. The quantitative estimate of drug-likeness (QED) is 0.669.